The highest BCUT2D eigenvalue weighted by Crippen LogP contribution is 2.34. The molecule has 0 aromatic heterocycles. The van der Waals surface area contributed by atoms with Crippen LogP contribution in [0.15, 0.2) is 59.7 Å². The summed E-state index contributed by atoms with van der Waals surface area (Å²) in [6, 6.07) is 16.7. The molecular weight excluding hydrogens is 340 g/mol. The second-order valence-electron chi connectivity index (χ2n) is 5.79. The summed E-state index contributed by atoms with van der Waals surface area (Å²) in [5.41, 5.74) is 2.47. The molecule has 25 heavy (non-hydrogen) atoms. The van der Waals surface area contributed by atoms with Crippen molar-refractivity contribution >= 4 is 29.2 Å². The molecule has 5 nitrogen and oxygen atoms in total. The van der Waals surface area contributed by atoms with Crippen LogP contribution in [0, 0.1) is 0 Å². The number of carboxylic acid groups (broad SMARTS) is 1. The van der Waals surface area contributed by atoms with E-state index in [1.807, 2.05) is 48.5 Å². The topological polar surface area (TPSA) is 70.0 Å². The van der Waals surface area contributed by atoms with Crippen LogP contribution in [0.25, 0.3) is 0 Å². The predicted octanol–water partition coefficient (Wildman–Crippen LogP) is 3.88. The number of amides is 1. The number of rotatable bonds is 5. The lowest BCUT2D eigenvalue weighted by Crippen LogP contribution is -2.27. The van der Waals surface area contributed by atoms with E-state index in [1.54, 1.807) is 6.07 Å². The van der Waals surface area contributed by atoms with Crippen molar-refractivity contribution in [3.05, 3.63) is 70.7 Å². The number of halogens is 1. The molecule has 1 heterocycles. The number of aliphatic carboxylic acids is 1. The number of benzene rings is 2. The zero-order valence-corrected chi connectivity index (χ0v) is 14.2. The van der Waals surface area contributed by atoms with Crippen molar-refractivity contribution in [1.82, 2.24) is 5.01 Å². The molecule has 0 fully saturated rings. The Morgan fingerprint density at radius 1 is 1.08 bits per heavy atom. The average Bonchev–Trinajstić information content (AvgIpc) is 3.06. The van der Waals surface area contributed by atoms with E-state index in [0.717, 1.165) is 16.8 Å². The molecule has 0 aliphatic carbocycles. The van der Waals surface area contributed by atoms with Gasteiger partial charge in [-0.3, -0.25) is 9.59 Å². The van der Waals surface area contributed by atoms with Gasteiger partial charge in [-0.15, -0.1) is 0 Å². The Bertz CT molecular complexity index is 820. The molecule has 3 rings (SSSR count). The lowest BCUT2D eigenvalue weighted by Gasteiger charge is -2.21. The van der Waals surface area contributed by atoms with Crippen LogP contribution in [-0.4, -0.2) is 27.7 Å². The number of hydrazone groups is 1. The minimum atomic E-state index is -1.00. The third-order valence-electron chi connectivity index (χ3n) is 4.09. The first-order valence-electron chi connectivity index (χ1n) is 7.97. The van der Waals surface area contributed by atoms with Gasteiger partial charge in [0.05, 0.1) is 18.2 Å². The number of nitrogens with zero attached hydrogens (tertiary/aromatic N) is 2. The first kappa shape index (κ1) is 17.2. The van der Waals surface area contributed by atoms with Gasteiger partial charge in [0.25, 0.3) is 0 Å². The average molecular weight is 357 g/mol. The number of carbonyl (C=O) groups is 2. The van der Waals surface area contributed by atoms with Crippen molar-refractivity contribution in [3.8, 4) is 0 Å². The Morgan fingerprint density at radius 3 is 2.44 bits per heavy atom. The summed E-state index contributed by atoms with van der Waals surface area (Å²) in [6.07, 6.45) is 0.234. The SMILES string of the molecule is O=C(O)CCC(=O)N1N=C(c2ccccc2Cl)CC1c1ccccc1. The molecule has 1 unspecified atom stereocenters. The van der Waals surface area contributed by atoms with Gasteiger partial charge in [-0.05, 0) is 11.6 Å². The van der Waals surface area contributed by atoms with Crippen LogP contribution in [0.2, 0.25) is 5.02 Å². The molecule has 0 saturated carbocycles. The molecule has 128 valence electrons. The van der Waals surface area contributed by atoms with Crippen LogP contribution in [0.3, 0.4) is 0 Å². The van der Waals surface area contributed by atoms with Gasteiger partial charge in [-0.2, -0.15) is 5.10 Å². The third-order valence-corrected chi connectivity index (χ3v) is 4.42. The normalized spacial score (nSPS) is 16.6. The van der Waals surface area contributed by atoms with Crippen molar-refractivity contribution in [3.63, 3.8) is 0 Å². The fourth-order valence-electron chi connectivity index (χ4n) is 2.86. The number of carbonyl (C=O) groups excluding carboxylic acids is 1. The monoisotopic (exact) mass is 356 g/mol. The van der Waals surface area contributed by atoms with Crippen molar-refractivity contribution in [2.24, 2.45) is 5.10 Å². The molecule has 6 heteroatoms. The van der Waals surface area contributed by atoms with Gasteiger partial charge in [-0.1, -0.05) is 60.1 Å². The van der Waals surface area contributed by atoms with Crippen LogP contribution in [0.4, 0.5) is 0 Å². The van der Waals surface area contributed by atoms with E-state index in [1.165, 1.54) is 5.01 Å². The second-order valence-corrected chi connectivity index (χ2v) is 6.20. The Kier molecular flexibility index (Phi) is 5.14. The van der Waals surface area contributed by atoms with Crippen molar-refractivity contribution in [1.29, 1.82) is 0 Å². The van der Waals surface area contributed by atoms with Crippen molar-refractivity contribution < 1.29 is 14.7 Å². The van der Waals surface area contributed by atoms with E-state index in [4.69, 9.17) is 16.7 Å². The Hall–Kier alpha value is -2.66. The van der Waals surface area contributed by atoms with E-state index in [9.17, 15) is 9.59 Å². The van der Waals surface area contributed by atoms with Crippen LogP contribution in [0.1, 0.15) is 36.4 Å². The van der Waals surface area contributed by atoms with Crippen molar-refractivity contribution in [2.75, 3.05) is 0 Å². The maximum absolute atomic E-state index is 12.5. The van der Waals surface area contributed by atoms with E-state index >= 15 is 0 Å². The van der Waals surface area contributed by atoms with Gasteiger partial charge in [0.15, 0.2) is 0 Å². The molecule has 2 aromatic carbocycles. The fourth-order valence-corrected chi connectivity index (χ4v) is 3.11. The smallest absolute Gasteiger partial charge is 0.303 e. The molecule has 1 aliphatic rings. The Morgan fingerprint density at radius 2 is 1.76 bits per heavy atom. The molecule has 1 aliphatic heterocycles. The second kappa shape index (κ2) is 7.49. The molecule has 1 amide bonds. The fraction of sp³-hybridized carbons (Fsp3) is 0.211. The molecule has 1 atom stereocenters. The lowest BCUT2D eigenvalue weighted by atomic mass is 9.98. The quantitative estimate of drug-likeness (QED) is 0.883. The number of carboxylic acids is 1. The maximum atomic E-state index is 12.5. The molecular formula is C19H17ClN2O3. The van der Waals surface area contributed by atoms with Crippen LogP contribution in [0.5, 0.6) is 0 Å². The zero-order valence-electron chi connectivity index (χ0n) is 13.4. The molecule has 0 bridgehead atoms. The van der Waals surface area contributed by atoms with Crippen LogP contribution >= 0.6 is 11.6 Å². The first-order valence-corrected chi connectivity index (χ1v) is 8.35. The van der Waals surface area contributed by atoms with Gasteiger partial charge < -0.3 is 5.11 Å². The van der Waals surface area contributed by atoms with E-state index < -0.39 is 5.97 Å². The highest BCUT2D eigenvalue weighted by molar-refractivity contribution is 6.34. The Labute approximate surface area is 150 Å². The van der Waals surface area contributed by atoms with Crippen molar-refractivity contribution in [2.45, 2.75) is 25.3 Å². The standard InChI is InChI=1S/C19H17ClN2O3/c20-15-9-5-4-8-14(15)16-12-17(13-6-2-1-3-7-13)22(21-16)18(23)10-11-19(24)25/h1-9,17H,10-12H2,(H,24,25). The largest absolute Gasteiger partial charge is 0.481 e. The number of hydrogen-bond acceptors (Lipinski definition) is 3. The highest BCUT2D eigenvalue weighted by Gasteiger charge is 2.33. The summed E-state index contributed by atoms with van der Waals surface area (Å²) in [5, 5.41) is 15.3. The molecule has 1 N–H and O–H groups in total. The summed E-state index contributed by atoms with van der Waals surface area (Å²) < 4.78 is 0. The number of hydrogen-bond donors (Lipinski definition) is 1. The molecule has 0 saturated heterocycles. The summed E-state index contributed by atoms with van der Waals surface area (Å²) in [6.45, 7) is 0. The third kappa shape index (κ3) is 3.88. The van der Waals surface area contributed by atoms with Gasteiger partial charge in [0.1, 0.15) is 0 Å². The minimum absolute atomic E-state index is 0.0853. The molecule has 0 spiro atoms. The van der Waals surface area contributed by atoms with Gasteiger partial charge in [0, 0.05) is 23.4 Å². The predicted molar refractivity (Wildman–Crippen MR) is 95.5 cm³/mol. The van der Waals surface area contributed by atoms with E-state index in [-0.39, 0.29) is 24.8 Å². The summed E-state index contributed by atoms with van der Waals surface area (Å²) >= 11 is 6.27. The summed E-state index contributed by atoms with van der Waals surface area (Å²) in [5.74, 6) is -1.31. The van der Waals surface area contributed by atoms with Gasteiger partial charge in [0.2, 0.25) is 5.91 Å². The van der Waals surface area contributed by atoms with E-state index in [2.05, 4.69) is 5.10 Å². The van der Waals surface area contributed by atoms with Crippen LogP contribution in [-0.2, 0) is 9.59 Å². The first-order chi connectivity index (χ1) is 12.1. The van der Waals surface area contributed by atoms with E-state index in [0.29, 0.717) is 11.4 Å². The highest BCUT2D eigenvalue weighted by atomic mass is 35.5. The maximum Gasteiger partial charge on any atom is 0.303 e. The molecule has 0 radical (unpaired) electrons. The zero-order chi connectivity index (χ0) is 17.8. The Balaban J connectivity index is 1.92. The van der Waals surface area contributed by atoms with Gasteiger partial charge >= 0.3 is 5.97 Å². The lowest BCUT2D eigenvalue weighted by molar-refractivity contribution is -0.141. The molecule has 2 aromatic rings. The van der Waals surface area contributed by atoms with Gasteiger partial charge in [-0.25, -0.2) is 5.01 Å². The minimum Gasteiger partial charge on any atom is -0.481 e. The summed E-state index contributed by atoms with van der Waals surface area (Å²) in [4.78, 5) is 23.3. The van der Waals surface area contributed by atoms with Crippen LogP contribution < -0.4 is 0 Å². The summed E-state index contributed by atoms with van der Waals surface area (Å²) in [7, 11) is 0.